The summed E-state index contributed by atoms with van der Waals surface area (Å²) in [6.07, 6.45) is -0.832. The van der Waals surface area contributed by atoms with Crippen molar-refractivity contribution in [3.8, 4) is 0 Å². The molecular formula is C7H5NO4. The molecule has 0 aliphatic rings. The van der Waals surface area contributed by atoms with E-state index in [2.05, 4.69) is 4.98 Å². The van der Waals surface area contributed by atoms with Gasteiger partial charge in [-0.1, -0.05) is 0 Å². The van der Waals surface area contributed by atoms with Crippen molar-refractivity contribution in [1.82, 2.24) is 4.98 Å². The molecule has 0 spiro atoms. The Morgan fingerprint density at radius 2 is 2.00 bits per heavy atom. The third kappa shape index (κ3) is 1.57. The van der Waals surface area contributed by atoms with Gasteiger partial charge in [0.15, 0.2) is 0 Å². The molecule has 1 heterocycles. The number of pyridine rings is 1. The topological polar surface area (TPSA) is 87.5 Å². The molecule has 0 bridgehead atoms. The third-order valence-corrected chi connectivity index (χ3v) is 1.00. The van der Waals surface area contributed by atoms with Crippen molar-refractivity contribution in [2.45, 2.75) is 0 Å². The van der Waals surface area contributed by atoms with Crippen LogP contribution in [0.15, 0.2) is 18.3 Å². The van der Waals surface area contributed by atoms with E-state index in [-0.39, 0.29) is 0 Å². The van der Waals surface area contributed by atoms with Gasteiger partial charge in [-0.3, -0.25) is 0 Å². The summed E-state index contributed by atoms with van der Waals surface area (Å²) in [5, 5.41) is 17.1. The first kappa shape index (κ1) is 4.87. The highest BCUT2D eigenvalue weighted by Gasteiger charge is 2.06. The molecule has 0 atom stereocenters. The van der Waals surface area contributed by atoms with Crippen LogP contribution in [0.3, 0.4) is 0 Å². The zero-order valence-corrected chi connectivity index (χ0v) is 5.66. The van der Waals surface area contributed by atoms with Gasteiger partial charge in [0.05, 0.1) is 9.68 Å². The minimum Gasteiger partial charge on any atom is -0.478 e. The lowest BCUT2D eigenvalue weighted by Gasteiger charge is -1.93. The summed E-state index contributed by atoms with van der Waals surface area (Å²) in [6, 6.07) is -1.63. The first-order chi connectivity index (χ1) is 6.86. The Balaban J connectivity index is 3.58. The number of nitrogens with zero attached hydrogens (tertiary/aromatic N) is 1. The lowest BCUT2D eigenvalue weighted by atomic mass is 10.2. The van der Waals surface area contributed by atoms with Crippen LogP contribution in [-0.4, -0.2) is 27.1 Å². The van der Waals surface area contributed by atoms with E-state index < -0.39 is 41.5 Å². The molecule has 62 valence electrons. The normalized spacial score (nSPS) is 12.8. The van der Waals surface area contributed by atoms with Crippen molar-refractivity contribution < 1.29 is 23.9 Å². The fourth-order valence-electron chi connectivity index (χ4n) is 0.492. The molecule has 1 aromatic rings. The van der Waals surface area contributed by atoms with Crippen molar-refractivity contribution in [2.24, 2.45) is 0 Å². The number of aromatic carboxylic acids is 2. The molecule has 5 nitrogen and oxygen atoms in total. The number of carbonyl (C=O) groups is 2. The Kier molecular flexibility index (Phi) is 1.22. The van der Waals surface area contributed by atoms with Crippen molar-refractivity contribution in [2.75, 3.05) is 0 Å². The highest BCUT2D eigenvalue weighted by molar-refractivity contribution is 5.89. The van der Waals surface area contributed by atoms with Crippen molar-refractivity contribution in [3.05, 3.63) is 29.5 Å². The molecule has 0 saturated heterocycles. The van der Waals surface area contributed by atoms with Crippen LogP contribution in [0.25, 0.3) is 0 Å². The predicted octanol–water partition coefficient (Wildman–Crippen LogP) is 0.478. The smallest absolute Gasteiger partial charge is 0.354 e. The van der Waals surface area contributed by atoms with Crippen LogP contribution in [0.1, 0.15) is 25.0 Å². The van der Waals surface area contributed by atoms with E-state index in [4.69, 9.17) is 14.3 Å². The Hall–Kier alpha value is -1.91. The molecule has 0 saturated carbocycles. The van der Waals surface area contributed by atoms with Crippen LogP contribution in [0.5, 0.6) is 0 Å². The average molecular weight is 170 g/mol. The van der Waals surface area contributed by atoms with Crippen LogP contribution < -0.4 is 0 Å². The monoisotopic (exact) mass is 170 g/mol. The molecule has 0 amide bonds. The minimum atomic E-state index is -1.58. The van der Waals surface area contributed by atoms with Gasteiger partial charge in [-0.2, -0.15) is 0 Å². The molecule has 2 N–H and O–H groups in total. The summed E-state index contributed by atoms with van der Waals surface area (Å²) in [7, 11) is 0. The largest absolute Gasteiger partial charge is 0.478 e. The number of hydrogen-bond donors (Lipinski definition) is 2. The molecule has 0 unspecified atom stereocenters. The van der Waals surface area contributed by atoms with E-state index in [0.717, 1.165) is 0 Å². The molecule has 0 aliphatic heterocycles. The predicted molar refractivity (Wildman–Crippen MR) is 38.2 cm³/mol. The fourth-order valence-corrected chi connectivity index (χ4v) is 0.492. The maximum absolute atomic E-state index is 10.6. The van der Waals surface area contributed by atoms with Crippen LogP contribution in [0.4, 0.5) is 0 Å². The standard InChI is InChI=1S/C7H5NO4/c9-6(10)4-1-2-5(7(11)12)8-3-4/h1-3H,(H,9,10)(H,11,12)/i1D,2D,3D. The Bertz CT molecular complexity index is 460. The summed E-state index contributed by atoms with van der Waals surface area (Å²) in [5.74, 6) is -3.15. The van der Waals surface area contributed by atoms with Crippen molar-refractivity contribution in [1.29, 1.82) is 0 Å². The molecule has 0 radical (unpaired) electrons. The molecule has 12 heavy (non-hydrogen) atoms. The summed E-state index contributed by atoms with van der Waals surface area (Å²) in [5.41, 5.74) is -1.57. The summed E-state index contributed by atoms with van der Waals surface area (Å²) < 4.78 is 21.5. The molecular weight excluding hydrogens is 162 g/mol. The number of rotatable bonds is 2. The molecule has 0 aromatic carbocycles. The molecule has 0 fully saturated rings. The SMILES string of the molecule is [2H]c1nc(C(=O)O)c([2H])c([2H])c1C(=O)O. The van der Waals surface area contributed by atoms with E-state index in [9.17, 15) is 9.59 Å². The molecule has 1 rings (SSSR count). The fraction of sp³-hybridized carbons (Fsp3) is 0. The summed E-state index contributed by atoms with van der Waals surface area (Å²) in [4.78, 5) is 24.2. The van der Waals surface area contributed by atoms with Gasteiger partial charge in [0, 0.05) is 6.17 Å². The Morgan fingerprint density at radius 3 is 2.50 bits per heavy atom. The van der Waals surface area contributed by atoms with Gasteiger partial charge in [0.25, 0.3) is 0 Å². The van der Waals surface area contributed by atoms with Gasteiger partial charge in [0.1, 0.15) is 5.69 Å². The number of hydrogen-bond acceptors (Lipinski definition) is 3. The Morgan fingerprint density at radius 1 is 1.33 bits per heavy atom. The van der Waals surface area contributed by atoms with Gasteiger partial charge >= 0.3 is 11.9 Å². The van der Waals surface area contributed by atoms with E-state index in [1.807, 2.05) is 0 Å². The van der Waals surface area contributed by atoms with E-state index in [1.165, 1.54) is 0 Å². The zero-order chi connectivity index (χ0) is 11.7. The van der Waals surface area contributed by atoms with Crippen LogP contribution in [0, 0.1) is 0 Å². The zero-order valence-electron chi connectivity index (χ0n) is 8.66. The first-order valence-electron chi connectivity index (χ1n) is 4.30. The quantitative estimate of drug-likeness (QED) is 0.673. The molecule has 0 aliphatic carbocycles. The number of carboxylic acid groups (broad SMARTS) is 2. The second-order valence-electron chi connectivity index (χ2n) is 1.81. The van der Waals surface area contributed by atoms with Gasteiger partial charge in [-0.15, -0.1) is 0 Å². The maximum atomic E-state index is 10.6. The van der Waals surface area contributed by atoms with Crippen LogP contribution >= 0.6 is 0 Å². The first-order valence-corrected chi connectivity index (χ1v) is 2.80. The lowest BCUT2D eigenvalue weighted by molar-refractivity contribution is 0.0676. The van der Waals surface area contributed by atoms with Gasteiger partial charge in [-0.05, 0) is 12.1 Å². The van der Waals surface area contributed by atoms with E-state index >= 15 is 0 Å². The van der Waals surface area contributed by atoms with Crippen molar-refractivity contribution in [3.63, 3.8) is 0 Å². The highest BCUT2D eigenvalue weighted by Crippen LogP contribution is 1.99. The van der Waals surface area contributed by atoms with Crippen LogP contribution in [0.2, 0.25) is 0 Å². The van der Waals surface area contributed by atoms with Crippen LogP contribution in [-0.2, 0) is 0 Å². The van der Waals surface area contributed by atoms with E-state index in [0.29, 0.717) is 0 Å². The van der Waals surface area contributed by atoms with Crippen molar-refractivity contribution >= 4 is 11.9 Å². The molecule has 5 heteroatoms. The third-order valence-electron chi connectivity index (χ3n) is 1.00. The maximum Gasteiger partial charge on any atom is 0.354 e. The van der Waals surface area contributed by atoms with Gasteiger partial charge in [-0.25, -0.2) is 14.6 Å². The minimum absolute atomic E-state index is 0.773. The van der Waals surface area contributed by atoms with Gasteiger partial charge < -0.3 is 10.2 Å². The lowest BCUT2D eigenvalue weighted by Crippen LogP contribution is -2.02. The molecule has 1 aromatic heterocycles. The second kappa shape index (κ2) is 3.00. The second-order valence-corrected chi connectivity index (χ2v) is 1.81. The average Bonchev–Trinajstić information content (AvgIpc) is 2.10. The number of carboxylic acids is 2. The number of aromatic nitrogens is 1. The van der Waals surface area contributed by atoms with E-state index in [1.54, 1.807) is 0 Å². The van der Waals surface area contributed by atoms with Gasteiger partial charge in [0.2, 0.25) is 0 Å². The summed E-state index contributed by atoms with van der Waals surface area (Å²) in [6.45, 7) is 0. The Labute approximate surface area is 71.5 Å². The summed E-state index contributed by atoms with van der Waals surface area (Å²) >= 11 is 0. The highest BCUT2D eigenvalue weighted by atomic mass is 16.4.